The number of carbonyl (C=O) groups excluding carboxylic acids is 2. The van der Waals surface area contributed by atoms with E-state index in [9.17, 15) is 18.4 Å². The lowest BCUT2D eigenvalue weighted by Crippen LogP contribution is -2.43. The van der Waals surface area contributed by atoms with Gasteiger partial charge in [-0.1, -0.05) is 6.07 Å². The molecular weight excluding hydrogens is 490 g/mol. The lowest BCUT2D eigenvalue weighted by atomic mass is 9.98. The maximum atomic E-state index is 14.4. The zero-order valence-electron chi connectivity index (χ0n) is 16.9. The summed E-state index contributed by atoms with van der Waals surface area (Å²) in [6.07, 6.45) is 1.39. The Hall–Kier alpha value is -2.26. The van der Waals surface area contributed by atoms with Crippen molar-refractivity contribution in [3.63, 3.8) is 0 Å². The van der Waals surface area contributed by atoms with Crippen LogP contribution in [0.3, 0.4) is 0 Å². The Balaban J connectivity index is 1.68. The van der Waals surface area contributed by atoms with Gasteiger partial charge in [-0.2, -0.15) is 0 Å². The maximum Gasteiger partial charge on any atom is 0.310 e. The summed E-state index contributed by atoms with van der Waals surface area (Å²) >= 11 is 4.99. The summed E-state index contributed by atoms with van der Waals surface area (Å²) in [6, 6.07) is 5.23. The Kier molecular flexibility index (Phi) is 6.43. The number of rotatable bonds is 5. The first-order valence-electron chi connectivity index (χ1n) is 10.0. The molecule has 0 saturated carbocycles. The molecule has 4 rings (SSSR count). The van der Waals surface area contributed by atoms with E-state index in [-0.39, 0.29) is 29.9 Å². The van der Waals surface area contributed by atoms with Crippen LogP contribution in [0.4, 0.5) is 8.78 Å². The largest absolute Gasteiger partial charge is 0.466 e. The standard InChI is InChI=1S/C22H21BrF2N2O3S/c1-2-30-22(29)14-4-3-7-26(10-14)21(28)18-9-19-20(16(23)12-31-19)27(18)11-13-5-6-15(24)8-17(13)25/h5-6,8-9,12,14H,2-4,7,10-11H2,1H3/t14-/m1/s1. The van der Waals surface area contributed by atoms with Crippen molar-refractivity contribution in [2.75, 3.05) is 19.7 Å². The third-order valence-corrected chi connectivity index (χ3v) is 7.29. The van der Waals surface area contributed by atoms with Crippen molar-refractivity contribution in [3.8, 4) is 0 Å². The molecule has 2 aromatic heterocycles. The minimum Gasteiger partial charge on any atom is -0.466 e. The van der Waals surface area contributed by atoms with E-state index in [0.717, 1.165) is 20.8 Å². The molecule has 0 spiro atoms. The van der Waals surface area contributed by atoms with Gasteiger partial charge in [-0.15, -0.1) is 11.3 Å². The van der Waals surface area contributed by atoms with Crippen LogP contribution in [0.25, 0.3) is 10.2 Å². The third kappa shape index (κ3) is 4.39. The van der Waals surface area contributed by atoms with Gasteiger partial charge in [-0.05, 0) is 47.8 Å². The molecule has 0 radical (unpaired) electrons. The number of carbonyl (C=O) groups is 2. The predicted octanol–water partition coefficient (Wildman–Crippen LogP) is 5.21. The molecule has 0 bridgehead atoms. The third-order valence-electron chi connectivity index (χ3n) is 5.47. The molecule has 0 N–H and O–H groups in total. The van der Waals surface area contributed by atoms with Crippen LogP contribution in [0.2, 0.25) is 0 Å². The Morgan fingerprint density at radius 2 is 2.10 bits per heavy atom. The van der Waals surface area contributed by atoms with Gasteiger partial charge in [-0.25, -0.2) is 8.78 Å². The molecule has 5 nitrogen and oxygen atoms in total. The van der Waals surface area contributed by atoms with Crippen molar-refractivity contribution in [2.24, 2.45) is 5.92 Å². The number of amides is 1. The first-order valence-corrected chi connectivity index (χ1v) is 11.7. The quantitative estimate of drug-likeness (QED) is 0.443. The molecule has 31 heavy (non-hydrogen) atoms. The molecule has 1 aromatic carbocycles. The smallest absolute Gasteiger partial charge is 0.310 e. The zero-order valence-corrected chi connectivity index (χ0v) is 19.3. The maximum absolute atomic E-state index is 14.4. The number of esters is 1. The highest BCUT2D eigenvalue weighted by molar-refractivity contribution is 9.10. The number of ether oxygens (including phenoxy) is 1. The summed E-state index contributed by atoms with van der Waals surface area (Å²) in [5.74, 6) is -2.15. The van der Waals surface area contributed by atoms with Crippen LogP contribution < -0.4 is 0 Å². The number of hydrogen-bond acceptors (Lipinski definition) is 4. The molecule has 9 heteroatoms. The predicted molar refractivity (Wildman–Crippen MR) is 118 cm³/mol. The van der Waals surface area contributed by atoms with Crippen molar-refractivity contribution in [1.29, 1.82) is 0 Å². The average Bonchev–Trinajstić information content (AvgIpc) is 3.30. The first kappa shape index (κ1) is 22.0. The average molecular weight is 511 g/mol. The number of benzene rings is 1. The summed E-state index contributed by atoms with van der Waals surface area (Å²) in [4.78, 5) is 27.3. The van der Waals surface area contributed by atoms with Gasteiger partial charge in [-0.3, -0.25) is 9.59 Å². The van der Waals surface area contributed by atoms with E-state index >= 15 is 0 Å². The van der Waals surface area contributed by atoms with E-state index in [4.69, 9.17) is 4.74 Å². The molecule has 1 fully saturated rings. The van der Waals surface area contributed by atoms with Gasteiger partial charge >= 0.3 is 5.97 Å². The second-order valence-electron chi connectivity index (χ2n) is 7.49. The van der Waals surface area contributed by atoms with E-state index in [1.807, 2.05) is 5.38 Å². The molecule has 3 heterocycles. The van der Waals surface area contributed by atoms with E-state index < -0.39 is 11.6 Å². The topological polar surface area (TPSA) is 51.5 Å². The highest BCUT2D eigenvalue weighted by Gasteiger charge is 2.31. The van der Waals surface area contributed by atoms with Gasteiger partial charge in [0, 0.05) is 30.1 Å². The zero-order chi connectivity index (χ0) is 22.1. The summed E-state index contributed by atoms with van der Waals surface area (Å²) in [7, 11) is 0. The molecule has 1 aliphatic rings. The summed E-state index contributed by atoms with van der Waals surface area (Å²) in [5, 5.41) is 1.91. The van der Waals surface area contributed by atoms with Crippen molar-refractivity contribution in [2.45, 2.75) is 26.3 Å². The van der Waals surface area contributed by atoms with E-state index in [0.29, 0.717) is 38.2 Å². The van der Waals surface area contributed by atoms with Crippen LogP contribution in [0.5, 0.6) is 0 Å². The fourth-order valence-electron chi connectivity index (χ4n) is 3.97. The molecule has 1 amide bonds. The highest BCUT2D eigenvalue weighted by Crippen LogP contribution is 2.35. The normalized spacial score (nSPS) is 16.6. The molecule has 3 aromatic rings. The summed E-state index contributed by atoms with van der Waals surface area (Å²) in [5.41, 5.74) is 1.49. The summed E-state index contributed by atoms with van der Waals surface area (Å²) < 4.78 is 36.3. The van der Waals surface area contributed by atoms with Crippen LogP contribution >= 0.6 is 27.3 Å². The molecule has 164 valence electrons. The number of halogens is 3. The van der Waals surface area contributed by atoms with Crippen molar-refractivity contribution in [3.05, 3.63) is 57.0 Å². The fraction of sp³-hybridized carbons (Fsp3) is 0.364. The van der Waals surface area contributed by atoms with Gasteiger partial charge in [0.2, 0.25) is 0 Å². The number of thiophene rings is 1. The van der Waals surface area contributed by atoms with E-state index in [1.165, 1.54) is 23.5 Å². The monoisotopic (exact) mass is 510 g/mol. The van der Waals surface area contributed by atoms with E-state index in [1.54, 1.807) is 22.5 Å². The summed E-state index contributed by atoms with van der Waals surface area (Å²) in [6.45, 7) is 2.98. The number of fused-ring (bicyclic) bond motifs is 1. The van der Waals surface area contributed by atoms with Gasteiger partial charge in [0.05, 0.1) is 33.8 Å². The van der Waals surface area contributed by atoms with Crippen LogP contribution in [0, 0.1) is 17.6 Å². The van der Waals surface area contributed by atoms with Crippen molar-refractivity contribution < 1.29 is 23.1 Å². The number of piperidine rings is 1. The molecule has 0 unspecified atom stereocenters. The lowest BCUT2D eigenvalue weighted by Gasteiger charge is -2.31. The van der Waals surface area contributed by atoms with Crippen LogP contribution in [0.1, 0.15) is 35.8 Å². The van der Waals surface area contributed by atoms with Gasteiger partial charge in [0.15, 0.2) is 0 Å². The fourth-order valence-corrected chi connectivity index (χ4v) is 5.66. The van der Waals surface area contributed by atoms with E-state index in [2.05, 4.69) is 15.9 Å². The second-order valence-corrected chi connectivity index (χ2v) is 9.26. The first-order chi connectivity index (χ1) is 14.9. The van der Waals surface area contributed by atoms with Crippen LogP contribution in [-0.4, -0.2) is 41.0 Å². The number of aromatic nitrogens is 1. The number of likely N-dealkylation sites (tertiary alicyclic amines) is 1. The number of hydrogen-bond donors (Lipinski definition) is 0. The van der Waals surface area contributed by atoms with Gasteiger partial charge in [0.1, 0.15) is 17.3 Å². The van der Waals surface area contributed by atoms with Gasteiger partial charge in [0.25, 0.3) is 5.91 Å². The van der Waals surface area contributed by atoms with Crippen LogP contribution in [-0.2, 0) is 16.1 Å². The Bertz CT molecular complexity index is 1140. The Labute approximate surface area is 190 Å². The second kappa shape index (κ2) is 9.08. The molecule has 0 aliphatic carbocycles. The molecular formula is C22H21BrF2N2O3S. The Morgan fingerprint density at radius 3 is 2.84 bits per heavy atom. The molecule has 1 saturated heterocycles. The van der Waals surface area contributed by atoms with Gasteiger partial charge < -0.3 is 14.2 Å². The number of nitrogens with zero attached hydrogens (tertiary/aromatic N) is 2. The minimum absolute atomic E-state index is 0.0845. The lowest BCUT2D eigenvalue weighted by molar-refractivity contribution is -0.149. The van der Waals surface area contributed by atoms with Crippen molar-refractivity contribution >= 4 is 49.4 Å². The molecule has 1 aliphatic heterocycles. The highest BCUT2D eigenvalue weighted by atomic mass is 79.9. The minimum atomic E-state index is -0.660. The SMILES string of the molecule is CCOC(=O)[C@@H]1CCCN(C(=O)c2cc3scc(Br)c3n2Cc2ccc(F)cc2F)C1. The van der Waals surface area contributed by atoms with Crippen molar-refractivity contribution in [1.82, 2.24) is 9.47 Å². The van der Waals surface area contributed by atoms with Crippen LogP contribution in [0.15, 0.2) is 34.1 Å². The Morgan fingerprint density at radius 1 is 1.29 bits per heavy atom. The molecule has 1 atom stereocenters.